The third-order valence-corrected chi connectivity index (χ3v) is 5.65. The second-order valence-electron chi connectivity index (χ2n) is 5.70. The van der Waals surface area contributed by atoms with Crippen molar-refractivity contribution in [2.45, 2.75) is 45.2 Å². The summed E-state index contributed by atoms with van der Waals surface area (Å²) in [7, 11) is 0.380. The first kappa shape index (κ1) is 17.8. The highest BCUT2D eigenvalue weighted by Gasteiger charge is 2.27. The van der Waals surface area contributed by atoms with Crippen LogP contribution >= 0.6 is 0 Å². The van der Waals surface area contributed by atoms with E-state index in [1.54, 1.807) is 7.05 Å². The highest BCUT2D eigenvalue weighted by molar-refractivity contribution is 7.87. The largest absolute Gasteiger partial charge is 0.317 e. The summed E-state index contributed by atoms with van der Waals surface area (Å²) < 4.78 is 28.7. The van der Waals surface area contributed by atoms with E-state index in [2.05, 4.69) is 28.9 Å². The molecule has 0 aromatic carbocycles. The molecule has 1 heterocycles. The molecule has 0 spiro atoms. The van der Waals surface area contributed by atoms with Gasteiger partial charge in [0.15, 0.2) is 0 Å². The molecule has 2 N–H and O–H groups in total. The maximum atomic E-state index is 12.2. The van der Waals surface area contributed by atoms with Crippen molar-refractivity contribution in [3.05, 3.63) is 0 Å². The number of hydrogen-bond acceptors (Lipinski definition) is 4. The van der Waals surface area contributed by atoms with Crippen molar-refractivity contribution in [3.8, 4) is 0 Å². The van der Waals surface area contributed by atoms with Crippen LogP contribution in [0.4, 0.5) is 0 Å². The third-order valence-electron chi connectivity index (χ3n) is 4.01. The zero-order valence-corrected chi connectivity index (χ0v) is 14.0. The summed E-state index contributed by atoms with van der Waals surface area (Å²) in [5, 5.41) is 3.20. The molecular formula is C13H30N4O2S. The monoisotopic (exact) mass is 306 g/mol. The van der Waals surface area contributed by atoms with Gasteiger partial charge in [0.1, 0.15) is 0 Å². The summed E-state index contributed by atoms with van der Waals surface area (Å²) in [5.74, 6) is 0. The van der Waals surface area contributed by atoms with E-state index < -0.39 is 10.2 Å². The summed E-state index contributed by atoms with van der Waals surface area (Å²) >= 11 is 0. The van der Waals surface area contributed by atoms with Gasteiger partial charge in [-0.05, 0) is 52.9 Å². The predicted octanol–water partition coefficient (Wildman–Crippen LogP) is 0.235. The average molecular weight is 306 g/mol. The van der Waals surface area contributed by atoms with Crippen molar-refractivity contribution < 1.29 is 8.42 Å². The van der Waals surface area contributed by atoms with Crippen LogP contribution in [0.3, 0.4) is 0 Å². The highest BCUT2D eigenvalue weighted by Crippen LogP contribution is 2.16. The number of piperidine rings is 1. The lowest BCUT2D eigenvalue weighted by atomic mass is 10.0. The van der Waals surface area contributed by atoms with Crippen LogP contribution in [0.5, 0.6) is 0 Å². The zero-order chi connectivity index (χ0) is 15.2. The Morgan fingerprint density at radius 2 is 2.10 bits per heavy atom. The van der Waals surface area contributed by atoms with Crippen LogP contribution in [-0.2, 0) is 10.2 Å². The van der Waals surface area contributed by atoms with Gasteiger partial charge >= 0.3 is 0 Å². The van der Waals surface area contributed by atoms with Gasteiger partial charge in [0.25, 0.3) is 10.2 Å². The SMILES string of the molecule is CCNCCCN(C)S(=O)(=O)NC1CCN(C)C(C)C1. The quantitative estimate of drug-likeness (QED) is 0.630. The van der Waals surface area contributed by atoms with E-state index in [0.717, 1.165) is 38.9 Å². The summed E-state index contributed by atoms with van der Waals surface area (Å²) in [6, 6.07) is 0.484. The zero-order valence-electron chi connectivity index (χ0n) is 13.2. The molecular weight excluding hydrogens is 276 g/mol. The molecule has 6 nitrogen and oxygen atoms in total. The highest BCUT2D eigenvalue weighted by atomic mass is 32.2. The Labute approximate surface area is 124 Å². The number of nitrogens with one attached hydrogen (secondary N) is 2. The smallest absolute Gasteiger partial charge is 0.279 e. The lowest BCUT2D eigenvalue weighted by molar-refractivity contribution is 0.177. The fourth-order valence-corrected chi connectivity index (χ4v) is 3.61. The standard InChI is InChI=1S/C13H30N4O2S/c1-5-14-8-6-9-17(4)20(18,19)15-13-7-10-16(3)12(2)11-13/h12-15H,5-11H2,1-4H3. The van der Waals surface area contributed by atoms with Crippen LogP contribution in [0, 0.1) is 0 Å². The maximum Gasteiger partial charge on any atom is 0.279 e. The fraction of sp³-hybridized carbons (Fsp3) is 1.00. The van der Waals surface area contributed by atoms with Crippen LogP contribution in [0.15, 0.2) is 0 Å². The fourth-order valence-electron chi connectivity index (χ4n) is 2.42. The Hall–Kier alpha value is -0.210. The number of rotatable bonds is 8. The normalized spacial score (nSPS) is 25.2. The maximum absolute atomic E-state index is 12.2. The second kappa shape index (κ2) is 8.29. The van der Waals surface area contributed by atoms with Gasteiger partial charge in [0, 0.05) is 25.7 Å². The second-order valence-corrected chi connectivity index (χ2v) is 7.51. The molecule has 1 aliphatic rings. The first-order chi connectivity index (χ1) is 9.36. The van der Waals surface area contributed by atoms with E-state index in [1.165, 1.54) is 4.31 Å². The van der Waals surface area contributed by atoms with E-state index in [0.29, 0.717) is 12.6 Å². The summed E-state index contributed by atoms with van der Waals surface area (Å²) in [6.07, 6.45) is 2.58. The molecule has 2 atom stereocenters. The molecule has 0 amide bonds. The molecule has 1 rings (SSSR count). The summed E-state index contributed by atoms with van der Waals surface area (Å²) in [6.45, 7) is 7.44. The van der Waals surface area contributed by atoms with Gasteiger partial charge in [-0.1, -0.05) is 6.92 Å². The molecule has 0 aromatic heterocycles. The van der Waals surface area contributed by atoms with Crippen LogP contribution < -0.4 is 10.0 Å². The Morgan fingerprint density at radius 1 is 1.40 bits per heavy atom. The Bertz CT molecular complexity index is 375. The van der Waals surface area contributed by atoms with Crippen LogP contribution in [0.2, 0.25) is 0 Å². The van der Waals surface area contributed by atoms with Crippen molar-refractivity contribution in [1.82, 2.24) is 19.2 Å². The summed E-state index contributed by atoms with van der Waals surface area (Å²) in [4.78, 5) is 2.27. The molecule has 0 radical (unpaired) electrons. The van der Waals surface area contributed by atoms with Gasteiger partial charge in [-0.3, -0.25) is 0 Å². The molecule has 1 saturated heterocycles. The molecule has 120 valence electrons. The van der Waals surface area contributed by atoms with Gasteiger partial charge in [-0.2, -0.15) is 17.4 Å². The Balaban J connectivity index is 2.40. The molecule has 0 bridgehead atoms. The minimum atomic E-state index is -3.35. The van der Waals surface area contributed by atoms with Crippen molar-refractivity contribution >= 4 is 10.2 Å². The van der Waals surface area contributed by atoms with Crippen LogP contribution in [-0.4, -0.2) is 70.0 Å². The van der Waals surface area contributed by atoms with E-state index in [-0.39, 0.29) is 6.04 Å². The molecule has 0 aliphatic carbocycles. The average Bonchev–Trinajstić information content (AvgIpc) is 2.38. The molecule has 0 aromatic rings. The number of hydrogen-bond donors (Lipinski definition) is 2. The molecule has 1 fully saturated rings. The minimum absolute atomic E-state index is 0.0578. The lowest BCUT2D eigenvalue weighted by Gasteiger charge is -2.35. The van der Waals surface area contributed by atoms with Crippen molar-refractivity contribution in [2.24, 2.45) is 0 Å². The molecule has 20 heavy (non-hydrogen) atoms. The number of likely N-dealkylation sites (tertiary alicyclic amines) is 1. The van der Waals surface area contributed by atoms with Gasteiger partial charge < -0.3 is 10.2 Å². The molecule has 7 heteroatoms. The lowest BCUT2D eigenvalue weighted by Crippen LogP contribution is -2.50. The van der Waals surface area contributed by atoms with Gasteiger partial charge in [0.05, 0.1) is 0 Å². The van der Waals surface area contributed by atoms with E-state index in [1.807, 2.05) is 6.92 Å². The van der Waals surface area contributed by atoms with Crippen molar-refractivity contribution in [2.75, 3.05) is 40.3 Å². The van der Waals surface area contributed by atoms with Crippen molar-refractivity contribution in [3.63, 3.8) is 0 Å². The van der Waals surface area contributed by atoms with Gasteiger partial charge in [-0.25, -0.2) is 0 Å². The topological polar surface area (TPSA) is 64.7 Å². The summed E-state index contributed by atoms with van der Waals surface area (Å²) in [5.41, 5.74) is 0. The van der Waals surface area contributed by atoms with E-state index in [4.69, 9.17) is 0 Å². The van der Waals surface area contributed by atoms with Crippen LogP contribution in [0.25, 0.3) is 0 Å². The Morgan fingerprint density at radius 3 is 2.70 bits per heavy atom. The van der Waals surface area contributed by atoms with Crippen molar-refractivity contribution in [1.29, 1.82) is 0 Å². The Kier molecular flexibility index (Phi) is 7.39. The van der Waals surface area contributed by atoms with Crippen LogP contribution in [0.1, 0.15) is 33.1 Å². The first-order valence-corrected chi connectivity index (χ1v) is 8.95. The third kappa shape index (κ3) is 5.65. The minimum Gasteiger partial charge on any atom is -0.317 e. The van der Waals surface area contributed by atoms with E-state index in [9.17, 15) is 8.42 Å². The van der Waals surface area contributed by atoms with Gasteiger partial charge in [0.2, 0.25) is 0 Å². The molecule has 0 saturated carbocycles. The van der Waals surface area contributed by atoms with Gasteiger partial charge in [-0.15, -0.1) is 0 Å². The molecule has 2 unspecified atom stereocenters. The first-order valence-electron chi connectivity index (χ1n) is 7.51. The van der Waals surface area contributed by atoms with E-state index >= 15 is 0 Å². The number of nitrogens with zero attached hydrogens (tertiary/aromatic N) is 2. The predicted molar refractivity (Wildman–Crippen MR) is 83.0 cm³/mol. The molecule has 1 aliphatic heterocycles.